The Balaban J connectivity index is 1.44. The zero-order valence-corrected chi connectivity index (χ0v) is 21.5. The molecule has 13 heteroatoms. The molecule has 3 aromatic rings. The zero-order valence-electron chi connectivity index (χ0n) is 20.7. The number of piperidine rings is 1. The van der Waals surface area contributed by atoms with E-state index in [0.717, 1.165) is 31.0 Å². The van der Waals surface area contributed by atoms with Crippen LogP contribution in [0, 0.1) is 24.1 Å². The number of aromatic nitrogens is 2. The number of rotatable bonds is 6. The fraction of sp³-hybridized carbons (Fsp3) is 0.346. The Hall–Kier alpha value is -3.74. The van der Waals surface area contributed by atoms with E-state index in [4.69, 9.17) is 0 Å². The van der Waals surface area contributed by atoms with E-state index in [0.29, 0.717) is 37.1 Å². The summed E-state index contributed by atoms with van der Waals surface area (Å²) < 4.78 is 83.7. The number of sulfonamides is 1. The van der Waals surface area contributed by atoms with Crippen molar-refractivity contribution in [3.8, 4) is 11.1 Å². The highest BCUT2D eigenvalue weighted by molar-refractivity contribution is 7.92. The molecule has 2 N–H and O–H groups in total. The SMILES string of the molecule is Cc1ccc(F)cc1-c1cc(NS(=O)(=O)c2ccnc(N3CCCC4(CC4C(=O)O)C3)c2)ncc1C(F)(F)F. The van der Waals surface area contributed by atoms with Gasteiger partial charge < -0.3 is 10.0 Å². The number of carboxylic acid groups (broad SMARTS) is 1. The molecule has 2 unspecified atom stereocenters. The molecular formula is C26H24F4N4O4S. The lowest BCUT2D eigenvalue weighted by atomic mass is 9.92. The largest absolute Gasteiger partial charge is 0.481 e. The summed E-state index contributed by atoms with van der Waals surface area (Å²) >= 11 is 0. The fourth-order valence-electron chi connectivity index (χ4n) is 5.28. The van der Waals surface area contributed by atoms with Crippen molar-refractivity contribution in [1.29, 1.82) is 0 Å². The molecule has 39 heavy (non-hydrogen) atoms. The van der Waals surface area contributed by atoms with Crippen LogP contribution in [0.5, 0.6) is 0 Å². The Bertz CT molecular complexity index is 1560. The molecule has 8 nitrogen and oxygen atoms in total. The number of aryl methyl sites for hydroxylation is 1. The van der Waals surface area contributed by atoms with E-state index < -0.39 is 45.0 Å². The molecule has 3 heterocycles. The molecule has 5 rings (SSSR count). The Labute approximate surface area is 221 Å². The van der Waals surface area contributed by atoms with E-state index in [1.807, 2.05) is 4.90 Å². The number of alkyl halides is 3. The number of hydrogen-bond acceptors (Lipinski definition) is 6. The standard InChI is InChI=1S/C26H24F4N4O4S/c1-15-3-4-16(27)9-18(15)19-11-22(32-13-21(19)26(28,29)30)33-39(37,38)17-5-7-31-23(10-17)34-8-2-6-25(14-34)12-20(25)24(35)36/h3-5,7,9-11,13,20H,2,6,8,12,14H2,1H3,(H,32,33)(H,35,36). The lowest BCUT2D eigenvalue weighted by Gasteiger charge is -2.34. The molecule has 2 atom stereocenters. The highest BCUT2D eigenvalue weighted by atomic mass is 32.2. The molecule has 0 radical (unpaired) electrons. The van der Waals surface area contributed by atoms with Crippen LogP contribution in [0.4, 0.5) is 29.2 Å². The van der Waals surface area contributed by atoms with Gasteiger partial charge in [0.2, 0.25) is 0 Å². The lowest BCUT2D eigenvalue weighted by molar-refractivity contribution is -0.139. The van der Waals surface area contributed by atoms with Crippen LogP contribution in [-0.4, -0.2) is 42.6 Å². The van der Waals surface area contributed by atoms with Crippen molar-refractivity contribution >= 4 is 27.6 Å². The van der Waals surface area contributed by atoms with Gasteiger partial charge in [0.05, 0.1) is 16.4 Å². The third-order valence-electron chi connectivity index (χ3n) is 7.39. The third-order valence-corrected chi connectivity index (χ3v) is 8.74. The molecule has 1 saturated heterocycles. The van der Waals surface area contributed by atoms with E-state index >= 15 is 0 Å². The molecule has 1 saturated carbocycles. The van der Waals surface area contributed by atoms with Crippen molar-refractivity contribution in [2.45, 2.75) is 37.3 Å². The van der Waals surface area contributed by atoms with Crippen LogP contribution in [0.25, 0.3) is 11.1 Å². The zero-order chi connectivity index (χ0) is 28.2. The van der Waals surface area contributed by atoms with Crippen LogP contribution in [0.1, 0.15) is 30.4 Å². The van der Waals surface area contributed by atoms with Gasteiger partial charge in [-0.05, 0) is 67.1 Å². The summed E-state index contributed by atoms with van der Waals surface area (Å²) in [7, 11) is -4.31. The van der Waals surface area contributed by atoms with Crippen LogP contribution in [0.15, 0.2) is 53.7 Å². The maximum absolute atomic E-state index is 13.9. The molecule has 2 aliphatic rings. The maximum Gasteiger partial charge on any atom is 0.418 e. The van der Waals surface area contributed by atoms with E-state index in [1.165, 1.54) is 31.3 Å². The van der Waals surface area contributed by atoms with Crippen molar-refractivity contribution in [3.05, 3.63) is 65.7 Å². The smallest absolute Gasteiger partial charge is 0.418 e. The summed E-state index contributed by atoms with van der Waals surface area (Å²) in [6.45, 7) is 2.53. The van der Waals surface area contributed by atoms with Gasteiger partial charge in [0.15, 0.2) is 0 Å². The van der Waals surface area contributed by atoms with E-state index in [9.17, 15) is 35.9 Å². The number of anilines is 2. The van der Waals surface area contributed by atoms with Crippen molar-refractivity contribution in [3.63, 3.8) is 0 Å². The molecule has 1 aromatic carbocycles. The minimum absolute atomic E-state index is 0.0462. The predicted octanol–water partition coefficient (Wildman–Crippen LogP) is 5.10. The van der Waals surface area contributed by atoms with Gasteiger partial charge >= 0.3 is 12.1 Å². The summed E-state index contributed by atoms with van der Waals surface area (Å²) in [5.41, 5.74) is -1.59. The maximum atomic E-state index is 13.9. The van der Waals surface area contributed by atoms with Gasteiger partial charge in [-0.1, -0.05) is 6.07 Å². The first-order valence-electron chi connectivity index (χ1n) is 12.1. The fourth-order valence-corrected chi connectivity index (χ4v) is 6.29. The number of nitrogens with one attached hydrogen (secondary N) is 1. The highest BCUT2D eigenvalue weighted by Gasteiger charge is 2.59. The Kier molecular flexibility index (Phi) is 6.52. The first kappa shape index (κ1) is 26.9. The van der Waals surface area contributed by atoms with Gasteiger partial charge in [-0.25, -0.2) is 22.8 Å². The molecule has 206 valence electrons. The molecule has 0 amide bonds. The van der Waals surface area contributed by atoms with Crippen molar-refractivity contribution in [2.24, 2.45) is 11.3 Å². The quantitative estimate of drug-likeness (QED) is 0.401. The van der Waals surface area contributed by atoms with Gasteiger partial charge in [-0.3, -0.25) is 9.52 Å². The summed E-state index contributed by atoms with van der Waals surface area (Å²) in [5.74, 6) is -2.05. The first-order valence-corrected chi connectivity index (χ1v) is 13.6. The molecule has 0 bridgehead atoms. The first-order chi connectivity index (χ1) is 18.3. The second kappa shape index (κ2) is 9.47. The number of aliphatic carboxylic acids is 1. The molecule has 2 aromatic heterocycles. The Morgan fingerprint density at radius 3 is 2.62 bits per heavy atom. The summed E-state index contributed by atoms with van der Waals surface area (Å²) in [6.07, 6.45) is -0.937. The highest BCUT2D eigenvalue weighted by Crippen LogP contribution is 2.58. The topological polar surface area (TPSA) is 112 Å². The third kappa shape index (κ3) is 5.27. The van der Waals surface area contributed by atoms with Crippen molar-refractivity contribution in [2.75, 3.05) is 22.7 Å². The lowest BCUT2D eigenvalue weighted by Crippen LogP contribution is -2.38. The Morgan fingerprint density at radius 2 is 1.92 bits per heavy atom. The number of carboxylic acids is 1. The summed E-state index contributed by atoms with van der Waals surface area (Å²) in [5, 5.41) is 9.39. The van der Waals surface area contributed by atoms with Crippen LogP contribution in [0.3, 0.4) is 0 Å². The number of carbonyl (C=O) groups is 1. The number of pyridine rings is 2. The van der Waals surface area contributed by atoms with Crippen LogP contribution in [-0.2, 0) is 21.0 Å². The minimum atomic E-state index is -4.81. The van der Waals surface area contributed by atoms with Gasteiger partial charge in [0.25, 0.3) is 10.0 Å². The molecular weight excluding hydrogens is 540 g/mol. The normalized spacial score (nSPS) is 21.2. The minimum Gasteiger partial charge on any atom is -0.481 e. The number of nitrogens with zero attached hydrogens (tertiary/aromatic N) is 3. The van der Waals surface area contributed by atoms with Crippen molar-refractivity contribution in [1.82, 2.24) is 9.97 Å². The summed E-state index contributed by atoms with van der Waals surface area (Å²) in [6, 6.07) is 6.91. The van der Waals surface area contributed by atoms with Crippen LogP contribution in [0.2, 0.25) is 0 Å². The Morgan fingerprint density at radius 1 is 1.15 bits per heavy atom. The second-order valence-corrected chi connectivity index (χ2v) is 11.7. The molecule has 1 spiro atoms. The van der Waals surface area contributed by atoms with Gasteiger partial charge in [0.1, 0.15) is 17.5 Å². The van der Waals surface area contributed by atoms with Gasteiger partial charge in [0, 0.05) is 37.0 Å². The van der Waals surface area contributed by atoms with E-state index in [1.54, 1.807) is 0 Å². The average Bonchev–Trinajstić information content (AvgIpc) is 3.57. The van der Waals surface area contributed by atoms with E-state index in [-0.39, 0.29) is 21.7 Å². The number of benzene rings is 1. The second-order valence-electron chi connectivity index (χ2n) is 10.0. The monoisotopic (exact) mass is 564 g/mol. The molecule has 2 fully saturated rings. The van der Waals surface area contributed by atoms with Gasteiger partial charge in [-0.15, -0.1) is 0 Å². The number of hydrogen-bond donors (Lipinski definition) is 2. The van der Waals surface area contributed by atoms with E-state index in [2.05, 4.69) is 14.7 Å². The molecule has 1 aliphatic carbocycles. The predicted molar refractivity (Wildman–Crippen MR) is 134 cm³/mol. The number of halogens is 4. The van der Waals surface area contributed by atoms with Crippen molar-refractivity contribution < 1.29 is 35.9 Å². The average molecular weight is 565 g/mol. The van der Waals surface area contributed by atoms with Crippen LogP contribution >= 0.6 is 0 Å². The van der Waals surface area contributed by atoms with Gasteiger partial charge in [-0.2, -0.15) is 13.2 Å². The summed E-state index contributed by atoms with van der Waals surface area (Å²) in [4.78, 5) is 21.1. The molecule has 1 aliphatic heterocycles. The van der Waals surface area contributed by atoms with Crippen LogP contribution < -0.4 is 9.62 Å².